The molecule has 1 N–H and O–H groups in total. The van der Waals surface area contributed by atoms with Crippen molar-refractivity contribution >= 4 is 6.41 Å². The fraction of sp³-hybridized carbons (Fsp3) is 0.938. The van der Waals surface area contributed by atoms with E-state index in [0.717, 1.165) is 24.2 Å². The third kappa shape index (κ3) is 1.38. The summed E-state index contributed by atoms with van der Waals surface area (Å²) in [7, 11) is 0. The lowest BCUT2D eigenvalue weighted by Crippen LogP contribution is -2.54. The van der Waals surface area contributed by atoms with Crippen molar-refractivity contribution in [1.29, 1.82) is 0 Å². The Labute approximate surface area is 111 Å². The molecule has 0 heterocycles. The molecule has 102 valence electrons. The number of fused-ring (bicyclic) bond motifs is 3. The van der Waals surface area contributed by atoms with Gasteiger partial charge in [-0.2, -0.15) is 0 Å². The van der Waals surface area contributed by atoms with Crippen LogP contribution in [0.4, 0.5) is 0 Å². The summed E-state index contributed by atoms with van der Waals surface area (Å²) in [6, 6.07) is 0. The van der Waals surface area contributed by atoms with Crippen LogP contribution in [-0.4, -0.2) is 11.9 Å². The number of rotatable bonds is 2. The zero-order chi connectivity index (χ0) is 13.1. The Morgan fingerprint density at radius 3 is 2.50 bits per heavy atom. The van der Waals surface area contributed by atoms with E-state index in [2.05, 4.69) is 33.0 Å². The Morgan fingerprint density at radius 2 is 1.83 bits per heavy atom. The van der Waals surface area contributed by atoms with Crippen LogP contribution in [0.3, 0.4) is 0 Å². The van der Waals surface area contributed by atoms with Crippen LogP contribution in [0.25, 0.3) is 0 Å². The zero-order valence-electron chi connectivity index (χ0n) is 12.2. The van der Waals surface area contributed by atoms with Crippen LogP contribution in [0.5, 0.6) is 0 Å². The van der Waals surface area contributed by atoms with Crippen LogP contribution < -0.4 is 5.32 Å². The van der Waals surface area contributed by atoms with E-state index in [1.54, 1.807) is 0 Å². The van der Waals surface area contributed by atoms with Crippen molar-refractivity contribution in [1.82, 2.24) is 5.32 Å². The lowest BCUT2D eigenvalue weighted by atomic mass is 9.71. The van der Waals surface area contributed by atoms with Gasteiger partial charge in [-0.05, 0) is 60.7 Å². The van der Waals surface area contributed by atoms with Crippen molar-refractivity contribution in [3.05, 3.63) is 0 Å². The fourth-order valence-corrected chi connectivity index (χ4v) is 5.73. The molecule has 3 rings (SSSR count). The summed E-state index contributed by atoms with van der Waals surface area (Å²) in [5.41, 5.74) is 0.619. The number of amides is 1. The number of nitrogens with one attached hydrogen (secondary N) is 1. The second-order valence-corrected chi connectivity index (χ2v) is 7.78. The average molecular weight is 249 g/mol. The maximum atomic E-state index is 11.1. The molecule has 3 fully saturated rings. The molecule has 1 amide bonds. The van der Waals surface area contributed by atoms with Crippen LogP contribution in [0.15, 0.2) is 0 Å². The highest BCUT2D eigenvalue weighted by atomic mass is 16.1. The summed E-state index contributed by atoms with van der Waals surface area (Å²) in [6.45, 7) is 9.64. The molecule has 0 aromatic rings. The van der Waals surface area contributed by atoms with Gasteiger partial charge in [0, 0.05) is 5.54 Å². The summed E-state index contributed by atoms with van der Waals surface area (Å²) in [5, 5.41) is 3.29. The topological polar surface area (TPSA) is 29.1 Å². The molecule has 0 radical (unpaired) electrons. The van der Waals surface area contributed by atoms with E-state index in [9.17, 15) is 4.79 Å². The quantitative estimate of drug-likeness (QED) is 0.748. The largest absolute Gasteiger partial charge is 0.353 e. The van der Waals surface area contributed by atoms with Gasteiger partial charge >= 0.3 is 0 Å². The molecule has 6 atom stereocenters. The molecule has 2 heteroatoms. The molecular weight excluding hydrogens is 222 g/mol. The zero-order valence-corrected chi connectivity index (χ0v) is 12.2. The fourth-order valence-electron chi connectivity index (χ4n) is 5.73. The lowest BCUT2D eigenvalue weighted by Gasteiger charge is -2.42. The highest BCUT2D eigenvalue weighted by molar-refractivity contribution is 5.49. The molecule has 2 nitrogen and oxygen atoms in total. The summed E-state index contributed by atoms with van der Waals surface area (Å²) in [6.07, 6.45) is 6.10. The van der Waals surface area contributed by atoms with E-state index in [4.69, 9.17) is 0 Å². The molecule has 3 aliphatic carbocycles. The number of carbonyl (C=O) groups excluding carboxylic acids is 1. The summed E-state index contributed by atoms with van der Waals surface area (Å²) < 4.78 is 0. The van der Waals surface area contributed by atoms with E-state index >= 15 is 0 Å². The molecular formula is C16H27NO. The molecule has 0 aliphatic heterocycles. The van der Waals surface area contributed by atoms with Crippen molar-refractivity contribution in [2.45, 2.75) is 58.9 Å². The summed E-state index contributed by atoms with van der Waals surface area (Å²) >= 11 is 0. The van der Waals surface area contributed by atoms with Gasteiger partial charge < -0.3 is 5.32 Å². The minimum atomic E-state index is 0.106. The van der Waals surface area contributed by atoms with Crippen molar-refractivity contribution in [3.63, 3.8) is 0 Å². The first-order valence-electron chi connectivity index (χ1n) is 7.66. The van der Waals surface area contributed by atoms with E-state index in [1.165, 1.54) is 25.7 Å². The third-order valence-corrected chi connectivity index (χ3v) is 6.86. The molecule has 3 aliphatic rings. The maximum Gasteiger partial charge on any atom is 0.207 e. The highest BCUT2D eigenvalue weighted by Crippen LogP contribution is 2.71. The Balaban J connectivity index is 2.00. The molecule has 0 saturated heterocycles. The molecule has 0 bridgehead atoms. The Kier molecular flexibility index (Phi) is 2.60. The standard InChI is InChI=1S/C16H27NO/c1-10-7-8-16(17-9-18)11(2)5-6-12-14(13(10)16)15(12,3)4/h9-14H,5-8H2,1-4H3,(H,17,18)/t10-,11-,12-,13+,14-,16-/m0/s1. The molecule has 18 heavy (non-hydrogen) atoms. The van der Waals surface area contributed by atoms with E-state index in [-0.39, 0.29) is 5.54 Å². The van der Waals surface area contributed by atoms with Gasteiger partial charge in [-0.25, -0.2) is 0 Å². The molecule has 0 aromatic heterocycles. The Morgan fingerprint density at radius 1 is 1.11 bits per heavy atom. The van der Waals surface area contributed by atoms with Crippen molar-refractivity contribution < 1.29 is 4.79 Å². The van der Waals surface area contributed by atoms with Crippen LogP contribution in [0, 0.1) is 35.0 Å². The Bertz CT molecular complexity index is 364. The normalized spacial score (nSPS) is 53.0. The summed E-state index contributed by atoms with van der Waals surface area (Å²) in [5.74, 6) is 3.86. The molecule has 0 unspecified atom stereocenters. The number of hydrogen-bond acceptors (Lipinski definition) is 1. The van der Waals surface area contributed by atoms with Crippen LogP contribution in [0.2, 0.25) is 0 Å². The van der Waals surface area contributed by atoms with Crippen molar-refractivity contribution in [3.8, 4) is 0 Å². The van der Waals surface area contributed by atoms with E-state index < -0.39 is 0 Å². The molecule has 3 saturated carbocycles. The van der Waals surface area contributed by atoms with Gasteiger partial charge in [0.15, 0.2) is 0 Å². The van der Waals surface area contributed by atoms with Gasteiger partial charge in [0.25, 0.3) is 0 Å². The predicted octanol–water partition coefficient (Wildman–Crippen LogP) is 3.22. The van der Waals surface area contributed by atoms with Gasteiger partial charge in [-0.3, -0.25) is 4.79 Å². The first-order chi connectivity index (χ1) is 8.45. The van der Waals surface area contributed by atoms with Gasteiger partial charge in [0.2, 0.25) is 6.41 Å². The average Bonchev–Trinajstić information content (AvgIpc) is 2.73. The summed E-state index contributed by atoms with van der Waals surface area (Å²) in [4.78, 5) is 11.1. The second-order valence-electron chi connectivity index (χ2n) is 7.78. The van der Waals surface area contributed by atoms with Crippen LogP contribution in [-0.2, 0) is 4.79 Å². The monoisotopic (exact) mass is 249 g/mol. The second kappa shape index (κ2) is 3.74. The minimum Gasteiger partial charge on any atom is -0.353 e. The van der Waals surface area contributed by atoms with E-state index in [0.29, 0.717) is 17.3 Å². The first-order valence-corrected chi connectivity index (χ1v) is 7.66. The molecule has 0 spiro atoms. The number of carbonyl (C=O) groups is 1. The SMILES string of the molecule is C[C@H]1CC[C@@]2(NC=O)[C@H]1[C@@H]1[C@H](CC[C@@H]2C)C1(C)C. The number of hydrogen-bond donors (Lipinski definition) is 1. The van der Waals surface area contributed by atoms with Gasteiger partial charge in [0.1, 0.15) is 0 Å². The maximum absolute atomic E-state index is 11.1. The predicted molar refractivity (Wildman–Crippen MR) is 73.0 cm³/mol. The molecule has 0 aromatic carbocycles. The Hall–Kier alpha value is -0.530. The van der Waals surface area contributed by atoms with E-state index in [1.807, 2.05) is 0 Å². The third-order valence-electron chi connectivity index (χ3n) is 6.86. The van der Waals surface area contributed by atoms with Crippen molar-refractivity contribution in [2.75, 3.05) is 0 Å². The van der Waals surface area contributed by atoms with Gasteiger partial charge in [-0.15, -0.1) is 0 Å². The van der Waals surface area contributed by atoms with Crippen LogP contribution in [0.1, 0.15) is 53.4 Å². The van der Waals surface area contributed by atoms with Crippen LogP contribution >= 0.6 is 0 Å². The van der Waals surface area contributed by atoms with Gasteiger partial charge in [-0.1, -0.05) is 27.7 Å². The lowest BCUT2D eigenvalue weighted by molar-refractivity contribution is -0.112. The minimum absolute atomic E-state index is 0.106. The smallest absolute Gasteiger partial charge is 0.207 e. The first kappa shape index (κ1) is 12.5. The van der Waals surface area contributed by atoms with Gasteiger partial charge in [0.05, 0.1) is 0 Å². The highest BCUT2D eigenvalue weighted by Gasteiger charge is 2.68. The van der Waals surface area contributed by atoms with Crippen molar-refractivity contribution in [2.24, 2.45) is 35.0 Å².